The van der Waals surface area contributed by atoms with Crippen molar-refractivity contribution in [3.05, 3.63) is 54.1 Å². The third-order valence-electron chi connectivity index (χ3n) is 5.21. The van der Waals surface area contributed by atoms with Gasteiger partial charge in [-0.2, -0.15) is 0 Å². The number of hydrogen-bond donors (Lipinski definition) is 1. The number of benzene rings is 2. The van der Waals surface area contributed by atoms with Crippen LogP contribution in [0.25, 0.3) is 22.6 Å². The minimum absolute atomic E-state index is 0.161. The largest absolute Gasteiger partial charge is 0.436 e. The zero-order chi connectivity index (χ0) is 17.8. The molecule has 0 saturated heterocycles. The zero-order valence-electron chi connectivity index (χ0n) is 15.1. The van der Waals surface area contributed by atoms with E-state index >= 15 is 0 Å². The van der Waals surface area contributed by atoms with Crippen LogP contribution in [0.2, 0.25) is 0 Å². The highest BCUT2D eigenvalue weighted by Crippen LogP contribution is 2.25. The molecule has 0 amide bonds. The molecule has 3 aromatic rings. The molecule has 4 nitrogen and oxygen atoms in total. The Bertz CT molecular complexity index is 808. The monoisotopic (exact) mass is 350 g/mol. The molecule has 136 valence electrons. The summed E-state index contributed by atoms with van der Waals surface area (Å²) in [5.41, 5.74) is 10.1. The van der Waals surface area contributed by atoms with Gasteiger partial charge in [-0.3, -0.25) is 0 Å². The van der Waals surface area contributed by atoms with Gasteiger partial charge in [0.05, 0.1) is 12.7 Å². The topological polar surface area (TPSA) is 61.3 Å². The maximum atomic E-state index is 6.30. The highest BCUT2D eigenvalue weighted by molar-refractivity contribution is 5.75. The maximum absolute atomic E-state index is 6.30. The molecular weight excluding hydrogens is 324 g/mol. The van der Waals surface area contributed by atoms with E-state index in [9.17, 15) is 0 Å². The highest BCUT2D eigenvalue weighted by atomic mass is 16.5. The summed E-state index contributed by atoms with van der Waals surface area (Å²) >= 11 is 0. The molecule has 4 heteroatoms. The molecule has 1 aliphatic rings. The van der Waals surface area contributed by atoms with Crippen LogP contribution >= 0.6 is 0 Å². The lowest BCUT2D eigenvalue weighted by Gasteiger charge is -2.26. The Morgan fingerprint density at radius 2 is 1.73 bits per heavy atom. The lowest BCUT2D eigenvalue weighted by molar-refractivity contribution is 0.0115. The summed E-state index contributed by atoms with van der Waals surface area (Å²) in [6.07, 6.45) is 7.36. The fourth-order valence-corrected chi connectivity index (χ4v) is 3.63. The van der Waals surface area contributed by atoms with Gasteiger partial charge in [0.1, 0.15) is 5.52 Å². The zero-order valence-corrected chi connectivity index (χ0v) is 15.1. The van der Waals surface area contributed by atoms with Crippen molar-refractivity contribution in [3.8, 4) is 11.5 Å². The van der Waals surface area contributed by atoms with Gasteiger partial charge in [-0.15, -0.1) is 0 Å². The number of aromatic nitrogens is 1. The Balaban J connectivity index is 1.41. The summed E-state index contributed by atoms with van der Waals surface area (Å²) in [5.74, 6) is 0.653. The number of oxazole rings is 1. The molecule has 2 N–H and O–H groups in total. The first-order chi connectivity index (χ1) is 12.8. The van der Waals surface area contributed by atoms with Crippen LogP contribution in [0, 0.1) is 0 Å². The first-order valence-electron chi connectivity index (χ1n) is 9.62. The van der Waals surface area contributed by atoms with Gasteiger partial charge in [-0.05, 0) is 42.7 Å². The van der Waals surface area contributed by atoms with Crippen molar-refractivity contribution in [3.63, 3.8) is 0 Å². The second kappa shape index (κ2) is 8.02. The minimum Gasteiger partial charge on any atom is -0.436 e. The molecular formula is C22H26N2O2. The number of para-hydroxylation sites is 2. The minimum atomic E-state index is 0.161. The summed E-state index contributed by atoms with van der Waals surface area (Å²) in [5, 5.41) is 0. The predicted octanol–water partition coefficient (Wildman–Crippen LogP) is 5.06. The molecule has 0 radical (unpaired) electrons. The van der Waals surface area contributed by atoms with Crippen molar-refractivity contribution in [1.82, 2.24) is 4.98 Å². The molecule has 1 aromatic heterocycles. The van der Waals surface area contributed by atoms with Crippen LogP contribution in [0.1, 0.15) is 44.1 Å². The Labute approximate surface area is 154 Å². The Morgan fingerprint density at radius 3 is 2.54 bits per heavy atom. The summed E-state index contributed by atoms with van der Waals surface area (Å²) in [6.45, 7) is 0.603. The number of hydrogen-bond acceptors (Lipinski definition) is 4. The number of nitrogens with two attached hydrogens (primary N) is 1. The molecule has 1 aliphatic carbocycles. The first kappa shape index (κ1) is 17.3. The van der Waals surface area contributed by atoms with E-state index in [1.54, 1.807) is 0 Å². The normalized spacial score (nSPS) is 21.4. The fourth-order valence-electron chi connectivity index (χ4n) is 3.63. The van der Waals surface area contributed by atoms with Crippen LogP contribution in [-0.2, 0) is 11.3 Å². The fraction of sp³-hybridized carbons (Fsp3) is 0.409. The molecule has 0 aliphatic heterocycles. The Hall–Kier alpha value is -2.17. The van der Waals surface area contributed by atoms with Crippen LogP contribution in [0.15, 0.2) is 52.9 Å². The SMILES string of the molecule is NC1CCCCCCC1OCc1ccc(-c2nc3ccccc3o2)cc1. The van der Waals surface area contributed by atoms with Crippen LogP contribution in [0.4, 0.5) is 0 Å². The second-order valence-corrected chi connectivity index (χ2v) is 7.19. The van der Waals surface area contributed by atoms with E-state index in [4.69, 9.17) is 14.9 Å². The third-order valence-corrected chi connectivity index (χ3v) is 5.21. The van der Waals surface area contributed by atoms with Crippen LogP contribution in [-0.4, -0.2) is 17.1 Å². The Morgan fingerprint density at radius 1 is 0.962 bits per heavy atom. The molecule has 0 bridgehead atoms. The van der Waals surface area contributed by atoms with E-state index in [2.05, 4.69) is 17.1 Å². The summed E-state index contributed by atoms with van der Waals surface area (Å²) in [6, 6.07) is 16.2. The molecule has 2 aromatic carbocycles. The van der Waals surface area contributed by atoms with Gasteiger partial charge >= 0.3 is 0 Å². The molecule has 1 fully saturated rings. The van der Waals surface area contributed by atoms with Gasteiger partial charge in [0.2, 0.25) is 5.89 Å². The van der Waals surface area contributed by atoms with Gasteiger partial charge in [-0.25, -0.2) is 4.98 Å². The summed E-state index contributed by atoms with van der Waals surface area (Å²) < 4.78 is 12.0. The lowest BCUT2D eigenvalue weighted by atomic mass is 9.95. The maximum Gasteiger partial charge on any atom is 0.227 e. The number of ether oxygens (including phenoxy) is 1. The van der Waals surface area contributed by atoms with Crippen molar-refractivity contribution in [2.75, 3.05) is 0 Å². The average molecular weight is 350 g/mol. The van der Waals surface area contributed by atoms with Crippen molar-refractivity contribution in [2.45, 2.75) is 57.3 Å². The molecule has 1 heterocycles. The molecule has 2 unspecified atom stereocenters. The number of rotatable bonds is 4. The van der Waals surface area contributed by atoms with Gasteiger partial charge < -0.3 is 14.9 Å². The van der Waals surface area contributed by atoms with Crippen molar-refractivity contribution < 1.29 is 9.15 Å². The highest BCUT2D eigenvalue weighted by Gasteiger charge is 2.20. The van der Waals surface area contributed by atoms with E-state index in [1.807, 2.05) is 36.4 Å². The molecule has 0 spiro atoms. The number of fused-ring (bicyclic) bond motifs is 1. The predicted molar refractivity (Wildman–Crippen MR) is 104 cm³/mol. The molecule has 26 heavy (non-hydrogen) atoms. The third kappa shape index (κ3) is 3.97. The molecule has 2 atom stereocenters. The van der Waals surface area contributed by atoms with Gasteiger partial charge in [0.15, 0.2) is 5.58 Å². The van der Waals surface area contributed by atoms with Crippen molar-refractivity contribution in [2.24, 2.45) is 5.73 Å². The number of nitrogens with zero attached hydrogens (tertiary/aromatic N) is 1. The Kier molecular flexibility index (Phi) is 5.32. The van der Waals surface area contributed by atoms with Crippen LogP contribution in [0.5, 0.6) is 0 Å². The van der Waals surface area contributed by atoms with Gasteiger partial charge in [-0.1, -0.05) is 49.9 Å². The smallest absolute Gasteiger partial charge is 0.227 e. The molecule has 4 rings (SSSR count). The van der Waals surface area contributed by atoms with Crippen molar-refractivity contribution >= 4 is 11.1 Å². The average Bonchev–Trinajstić information content (AvgIpc) is 3.09. The lowest BCUT2D eigenvalue weighted by Crippen LogP contribution is -2.37. The van der Waals surface area contributed by atoms with E-state index in [0.29, 0.717) is 12.5 Å². The standard InChI is InChI=1S/C22H26N2O2/c23-18-7-3-1-2-4-9-20(18)25-15-16-11-13-17(14-12-16)22-24-19-8-5-6-10-21(19)26-22/h5-6,8,10-14,18,20H,1-4,7,9,15,23H2. The second-order valence-electron chi connectivity index (χ2n) is 7.19. The summed E-state index contributed by atoms with van der Waals surface area (Å²) in [4.78, 5) is 4.55. The van der Waals surface area contributed by atoms with Crippen LogP contribution < -0.4 is 5.73 Å². The van der Waals surface area contributed by atoms with E-state index < -0.39 is 0 Å². The van der Waals surface area contributed by atoms with Crippen LogP contribution in [0.3, 0.4) is 0 Å². The van der Waals surface area contributed by atoms with E-state index in [1.165, 1.54) is 25.7 Å². The van der Waals surface area contributed by atoms with E-state index in [0.717, 1.165) is 35.1 Å². The van der Waals surface area contributed by atoms with Crippen molar-refractivity contribution in [1.29, 1.82) is 0 Å². The van der Waals surface area contributed by atoms with Gasteiger partial charge in [0.25, 0.3) is 0 Å². The first-order valence-corrected chi connectivity index (χ1v) is 9.62. The van der Waals surface area contributed by atoms with Gasteiger partial charge in [0, 0.05) is 11.6 Å². The summed E-state index contributed by atoms with van der Waals surface area (Å²) in [7, 11) is 0. The quantitative estimate of drug-likeness (QED) is 0.714. The van der Waals surface area contributed by atoms with E-state index in [-0.39, 0.29) is 12.1 Å². The molecule has 1 saturated carbocycles.